The molecule has 0 atom stereocenters. The second-order valence-corrected chi connectivity index (χ2v) is 3.72. The molecular formula is C11H14N2. The molecule has 0 spiro atoms. The molecule has 68 valence electrons. The first kappa shape index (κ1) is 8.30. The second kappa shape index (κ2) is 2.87. The second-order valence-electron chi connectivity index (χ2n) is 3.72. The lowest BCUT2D eigenvalue weighted by atomic mass is 10.0. The number of imidazole rings is 1. The monoisotopic (exact) mass is 174 g/mol. The van der Waals surface area contributed by atoms with Crippen LogP contribution in [0.4, 0.5) is 0 Å². The molecule has 0 unspecified atom stereocenters. The summed E-state index contributed by atoms with van der Waals surface area (Å²) in [6.45, 7) is 6.57. The van der Waals surface area contributed by atoms with Crippen molar-refractivity contribution in [3.63, 3.8) is 0 Å². The summed E-state index contributed by atoms with van der Waals surface area (Å²) in [5.41, 5.74) is 3.86. The summed E-state index contributed by atoms with van der Waals surface area (Å²) >= 11 is 0. The summed E-state index contributed by atoms with van der Waals surface area (Å²) in [6.07, 6.45) is 3.76. The average molecular weight is 174 g/mol. The molecule has 0 bridgehead atoms. The molecule has 0 fully saturated rings. The molecule has 2 aromatic rings. The van der Waals surface area contributed by atoms with Gasteiger partial charge in [-0.2, -0.15) is 0 Å². The van der Waals surface area contributed by atoms with Gasteiger partial charge in [-0.3, -0.25) is 0 Å². The van der Waals surface area contributed by atoms with E-state index in [0.717, 1.165) is 0 Å². The van der Waals surface area contributed by atoms with Crippen molar-refractivity contribution in [3.05, 3.63) is 35.9 Å². The molecule has 2 rings (SSSR count). The zero-order valence-electron chi connectivity index (χ0n) is 8.28. The van der Waals surface area contributed by atoms with E-state index < -0.39 is 0 Å². The third-order valence-electron chi connectivity index (χ3n) is 2.50. The third-order valence-corrected chi connectivity index (χ3v) is 2.50. The van der Waals surface area contributed by atoms with Crippen LogP contribution < -0.4 is 0 Å². The Balaban J connectivity index is 2.73. The fourth-order valence-electron chi connectivity index (χ4n) is 1.75. The Labute approximate surface area is 78.2 Å². The van der Waals surface area contributed by atoms with Crippen molar-refractivity contribution in [2.75, 3.05) is 0 Å². The molecule has 0 aliphatic heterocycles. The first-order chi connectivity index (χ1) is 6.20. The molecule has 13 heavy (non-hydrogen) atoms. The Hall–Kier alpha value is -1.31. The zero-order valence-corrected chi connectivity index (χ0v) is 8.28. The van der Waals surface area contributed by atoms with Crippen molar-refractivity contribution in [2.45, 2.75) is 26.7 Å². The van der Waals surface area contributed by atoms with E-state index in [1.165, 1.54) is 16.8 Å². The molecule has 0 N–H and O–H groups in total. The van der Waals surface area contributed by atoms with Gasteiger partial charge in [-0.1, -0.05) is 19.9 Å². The fourth-order valence-corrected chi connectivity index (χ4v) is 1.75. The van der Waals surface area contributed by atoms with Gasteiger partial charge in [0.1, 0.15) is 0 Å². The summed E-state index contributed by atoms with van der Waals surface area (Å²) in [5, 5.41) is 0. The minimum absolute atomic E-state index is 0.576. The van der Waals surface area contributed by atoms with Crippen molar-refractivity contribution < 1.29 is 0 Å². The van der Waals surface area contributed by atoms with Gasteiger partial charge in [-0.05, 0) is 24.5 Å². The molecule has 0 saturated carbocycles. The molecular weight excluding hydrogens is 160 g/mol. The number of nitrogens with zero attached hydrogens (tertiary/aromatic N) is 2. The third kappa shape index (κ3) is 1.22. The summed E-state index contributed by atoms with van der Waals surface area (Å²) in [5.74, 6) is 0.576. The molecule has 2 heterocycles. The van der Waals surface area contributed by atoms with Crippen molar-refractivity contribution in [2.24, 2.45) is 0 Å². The number of hydrogen-bond acceptors (Lipinski definition) is 1. The summed E-state index contributed by atoms with van der Waals surface area (Å²) in [4.78, 5) is 4.13. The topological polar surface area (TPSA) is 17.3 Å². The lowest BCUT2D eigenvalue weighted by molar-refractivity contribution is 0.835. The largest absolute Gasteiger partial charge is 0.303 e. The van der Waals surface area contributed by atoms with Crippen LogP contribution in [0.25, 0.3) is 5.52 Å². The van der Waals surface area contributed by atoms with Gasteiger partial charge in [0.15, 0.2) is 0 Å². The summed E-state index contributed by atoms with van der Waals surface area (Å²) in [6, 6.07) is 4.31. The highest BCUT2D eigenvalue weighted by atomic mass is 15.0. The number of aryl methyl sites for hydroxylation is 1. The minimum atomic E-state index is 0.576. The average Bonchev–Trinajstić information content (AvgIpc) is 2.52. The van der Waals surface area contributed by atoms with Crippen molar-refractivity contribution in [3.8, 4) is 0 Å². The van der Waals surface area contributed by atoms with Crippen LogP contribution >= 0.6 is 0 Å². The van der Waals surface area contributed by atoms with Crippen LogP contribution in [0.2, 0.25) is 0 Å². The molecule has 0 amide bonds. The molecule has 2 heteroatoms. The van der Waals surface area contributed by atoms with Gasteiger partial charge < -0.3 is 4.40 Å². The maximum absolute atomic E-state index is 4.13. The van der Waals surface area contributed by atoms with Crippen LogP contribution in [0.1, 0.15) is 31.0 Å². The maximum Gasteiger partial charge on any atom is 0.0994 e. The summed E-state index contributed by atoms with van der Waals surface area (Å²) in [7, 11) is 0. The first-order valence-electron chi connectivity index (χ1n) is 4.61. The number of hydrogen-bond donors (Lipinski definition) is 0. The Kier molecular flexibility index (Phi) is 1.83. The Morgan fingerprint density at radius 1 is 1.31 bits per heavy atom. The SMILES string of the molecule is Cc1c(C(C)C)ccc2cncn12. The van der Waals surface area contributed by atoms with Gasteiger partial charge in [-0.15, -0.1) is 0 Å². The smallest absolute Gasteiger partial charge is 0.0994 e. The van der Waals surface area contributed by atoms with E-state index in [1.807, 2.05) is 12.5 Å². The normalized spacial score (nSPS) is 11.4. The Bertz CT molecular complexity index is 427. The zero-order chi connectivity index (χ0) is 9.42. The predicted molar refractivity (Wildman–Crippen MR) is 54.0 cm³/mol. The number of aromatic nitrogens is 2. The molecule has 0 aromatic carbocycles. The van der Waals surface area contributed by atoms with Gasteiger partial charge in [0, 0.05) is 5.69 Å². The van der Waals surface area contributed by atoms with Gasteiger partial charge in [0.05, 0.1) is 18.0 Å². The van der Waals surface area contributed by atoms with E-state index in [0.29, 0.717) is 5.92 Å². The fraction of sp³-hybridized carbons (Fsp3) is 0.364. The molecule has 0 saturated heterocycles. The van der Waals surface area contributed by atoms with Crippen molar-refractivity contribution >= 4 is 5.52 Å². The van der Waals surface area contributed by atoms with Crippen molar-refractivity contribution in [1.82, 2.24) is 9.38 Å². The number of rotatable bonds is 1. The van der Waals surface area contributed by atoms with Crippen LogP contribution in [0, 0.1) is 6.92 Å². The minimum Gasteiger partial charge on any atom is -0.303 e. The predicted octanol–water partition coefficient (Wildman–Crippen LogP) is 2.77. The van der Waals surface area contributed by atoms with E-state index in [1.54, 1.807) is 0 Å². The highest BCUT2D eigenvalue weighted by Crippen LogP contribution is 2.19. The van der Waals surface area contributed by atoms with Crippen molar-refractivity contribution in [1.29, 1.82) is 0 Å². The van der Waals surface area contributed by atoms with Crippen LogP contribution in [-0.4, -0.2) is 9.38 Å². The van der Waals surface area contributed by atoms with Gasteiger partial charge in [0.25, 0.3) is 0 Å². The van der Waals surface area contributed by atoms with E-state index in [-0.39, 0.29) is 0 Å². The van der Waals surface area contributed by atoms with Gasteiger partial charge >= 0.3 is 0 Å². The first-order valence-corrected chi connectivity index (χ1v) is 4.61. The molecule has 0 radical (unpaired) electrons. The quantitative estimate of drug-likeness (QED) is 0.649. The van der Waals surface area contributed by atoms with E-state index in [4.69, 9.17) is 0 Å². The standard InChI is InChI=1S/C11H14N2/c1-8(2)11-5-4-10-6-12-7-13(10)9(11)3/h4-8H,1-3H3. The van der Waals surface area contributed by atoms with Crippen LogP contribution in [0.3, 0.4) is 0 Å². The summed E-state index contributed by atoms with van der Waals surface area (Å²) < 4.78 is 2.13. The van der Waals surface area contributed by atoms with E-state index >= 15 is 0 Å². The molecule has 0 aliphatic carbocycles. The Morgan fingerprint density at radius 3 is 2.77 bits per heavy atom. The molecule has 0 aliphatic rings. The number of fused-ring (bicyclic) bond motifs is 1. The van der Waals surface area contributed by atoms with Crippen LogP contribution in [-0.2, 0) is 0 Å². The van der Waals surface area contributed by atoms with E-state index in [2.05, 4.69) is 42.3 Å². The highest BCUT2D eigenvalue weighted by molar-refractivity contribution is 5.48. The van der Waals surface area contributed by atoms with E-state index in [9.17, 15) is 0 Å². The van der Waals surface area contributed by atoms with Crippen LogP contribution in [0.5, 0.6) is 0 Å². The van der Waals surface area contributed by atoms with Gasteiger partial charge in [0.2, 0.25) is 0 Å². The lowest BCUT2D eigenvalue weighted by Gasteiger charge is -2.10. The molecule has 2 aromatic heterocycles. The number of pyridine rings is 1. The molecule has 2 nitrogen and oxygen atoms in total. The lowest BCUT2D eigenvalue weighted by Crippen LogP contribution is -1.98. The highest BCUT2D eigenvalue weighted by Gasteiger charge is 2.05. The Morgan fingerprint density at radius 2 is 2.08 bits per heavy atom. The van der Waals surface area contributed by atoms with Crippen LogP contribution in [0.15, 0.2) is 24.7 Å². The van der Waals surface area contributed by atoms with Gasteiger partial charge in [-0.25, -0.2) is 4.98 Å². The maximum atomic E-state index is 4.13.